The van der Waals surface area contributed by atoms with Crippen LogP contribution in [0.25, 0.3) is 0 Å². The summed E-state index contributed by atoms with van der Waals surface area (Å²) in [6, 6.07) is 6.94. The van der Waals surface area contributed by atoms with Crippen LogP contribution in [0.2, 0.25) is 0 Å². The van der Waals surface area contributed by atoms with Gasteiger partial charge < -0.3 is 10.1 Å². The van der Waals surface area contributed by atoms with E-state index in [1.54, 1.807) is 7.11 Å². The molecular formula is C15H24BrNO. The zero-order chi connectivity index (χ0) is 13.4. The van der Waals surface area contributed by atoms with Crippen molar-refractivity contribution in [2.45, 2.75) is 39.2 Å². The van der Waals surface area contributed by atoms with Gasteiger partial charge in [0.2, 0.25) is 0 Å². The molecule has 1 unspecified atom stereocenters. The number of benzene rings is 1. The maximum Gasteiger partial charge on any atom is 0.0462 e. The van der Waals surface area contributed by atoms with Crippen molar-refractivity contribution in [2.24, 2.45) is 0 Å². The van der Waals surface area contributed by atoms with Crippen LogP contribution >= 0.6 is 15.9 Å². The Bertz CT molecular complexity index is 354. The first-order valence-corrected chi connectivity index (χ1v) is 7.46. The lowest BCUT2D eigenvalue weighted by Gasteiger charge is -2.21. The third kappa shape index (κ3) is 5.09. The average molecular weight is 314 g/mol. The van der Waals surface area contributed by atoms with Gasteiger partial charge in [-0.15, -0.1) is 0 Å². The third-order valence-corrected chi connectivity index (χ3v) is 3.59. The van der Waals surface area contributed by atoms with Crippen molar-refractivity contribution in [2.75, 3.05) is 20.3 Å². The van der Waals surface area contributed by atoms with E-state index >= 15 is 0 Å². The van der Waals surface area contributed by atoms with Gasteiger partial charge in [-0.1, -0.05) is 28.9 Å². The Labute approximate surface area is 119 Å². The van der Waals surface area contributed by atoms with Crippen molar-refractivity contribution in [3.8, 4) is 0 Å². The van der Waals surface area contributed by atoms with E-state index in [0.717, 1.165) is 36.9 Å². The largest absolute Gasteiger partial charge is 0.385 e. The number of halogens is 1. The Balaban J connectivity index is 2.75. The second-order valence-corrected chi connectivity index (χ2v) is 5.56. The zero-order valence-corrected chi connectivity index (χ0v) is 13.2. The minimum Gasteiger partial charge on any atom is -0.385 e. The lowest BCUT2D eigenvalue weighted by atomic mass is 9.97. The molecule has 1 atom stereocenters. The summed E-state index contributed by atoms with van der Waals surface area (Å²) in [4.78, 5) is 0. The Kier molecular flexibility index (Phi) is 7.56. The van der Waals surface area contributed by atoms with Crippen molar-refractivity contribution in [3.63, 3.8) is 0 Å². The molecule has 0 fully saturated rings. The highest BCUT2D eigenvalue weighted by molar-refractivity contribution is 9.10. The van der Waals surface area contributed by atoms with E-state index in [9.17, 15) is 0 Å². The van der Waals surface area contributed by atoms with Gasteiger partial charge in [0.1, 0.15) is 0 Å². The molecule has 0 bridgehead atoms. The number of hydrogen-bond donors (Lipinski definition) is 1. The van der Waals surface area contributed by atoms with Crippen LogP contribution in [0, 0.1) is 6.92 Å². The van der Waals surface area contributed by atoms with Gasteiger partial charge >= 0.3 is 0 Å². The fourth-order valence-corrected chi connectivity index (χ4v) is 2.48. The molecular weight excluding hydrogens is 290 g/mol. The van der Waals surface area contributed by atoms with Gasteiger partial charge in [-0.2, -0.15) is 0 Å². The molecule has 0 aromatic heterocycles. The van der Waals surface area contributed by atoms with Gasteiger partial charge in [0, 0.05) is 24.2 Å². The van der Waals surface area contributed by atoms with Crippen LogP contribution < -0.4 is 5.32 Å². The van der Waals surface area contributed by atoms with Crippen LogP contribution in [-0.2, 0) is 4.74 Å². The summed E-state index contributed by atoms with van der Waals surface area (Å²) in [5.41, 5.74) is 2.75. The van der Waals surface area contributed by atoms with Gasteiger partial charge in [-0.25, -0.2) is 0 Å². The van der Waals surface area contributed by atoms with Crippen molar-refractivity contribution >= 4 is 15.9 Å². The van der Waals surface area contributed by atoms with Crippen LogP contribution in [0.4, 0.5) is 0 Å². The Hall–Kier alpha value is -0.380. The molecule has 3 heteroatoms. The first-order valence-electron chi connectivity index (χ1n) is 6.67. The smallest absolute Gasteiger partial charge is 0.0462 e. The quantitative estimate of drug-likeness (QED) is 0.725. The molecule has 1 rings (SSSR count). The minimum absolute atomic E-state index is 0.428. The summed E-state index contributed by atoms with van der Waals surface area (Å²) in [7, 11) is 1.76. The highest BCUT2D eigenvalue weighted by Gasteiger charge is 2.13. The minimum atomic E-state index is 0.428. The van der Waals surface area contributed by atoms with E-state index in [2.05, 4.69) is 53.3 Å². The fraction of sp³-hybridized carbons (Fsp3) is 0.600. The van der Waals surface area contributed by atoms with E-state index in [-0.39, 0.29) is 0 Å². The molecule has 0 amide bonds. The molecule has 1 aromatic carbocycles. The molecule has 102 valence electrons. The maximum atomic E-state index is 5.15. The Morgan fingerprint density at radius 2 is 2.17 bits per heavy atom. The molecule has 2 nitrogen and oxygen atoms in total. The molecule has 18 heavy (non-hydrogen) atoms. The van der Waals surface area contributed by atoms with Gasteiger partial charge in [0.25, 0.3) is 0 Å². The molecule has 0 aliphatic heterocycles. The lowest BCUT2D eigenvalue weighted by Crippen LogP contribution is -2.23. The average Bonchev–Trinajstić information content (AvgIpc) is 2.37. The molecule has 1 aromatic rings. The SMILES string of the molecule is CCCNC(CCCOC)c1cc(Br)ccc1C. The van der Waals surface area contributed by atoms with Gasteiger partial charge in [0.15, 0.2) is 0 Å². The van der Waals surface area contributed by atoms with Crippen molar-refractivity contribution in [1.82, 2.24) is 5.32 Å². The number of hydrogen-bond acceptors (Lipinski definition) is 2. The molecule has 0 aliphatic carbocycles. The normalized spacial score (nSPS) is 12.7. The van der Waals surface area contributed by atoms with Gasteiger partial charge in [-0.05, 0) is 56.0 Å². The summed E-state index contributed by atoms with van der Waals surface area (Å²) in [5.74, 6) is 0. The number of methoxy groups -OCH3 is 1. The lowest BCUT2D eigenvalue weighted by molar-refractivity contribution is 0.188. The highest BCUT2D eigenvalue weighted by Crippen LogP contribution is 2.25. The molecule has 0 radical (unpaired) electrons. The molecule has 0 saturated carbocycles. The van der Waals surface area contributed by atoms with Crippen LogP contribution in [0.5, 0.6) is 0 Å². The number of rotatable bonds is 8. The number of ether oxygens (including phenoxy) is 1. The van der Waals surface area contributed by atoms with E-state index in [1.165, 1.54) is 11.1 Å². The maximum absolute atomic E-state index is 5.15. The number of nitrogens with one attached hydrogen (secondary N) is 1. The third-order valence-electron chi connectivity index (χ3n) is 3.10. The van der Waals surface area contributed by atoms with Gasteiger partial charge in [-0.3, -0.25) is 0 Å². The first kappa shape index (κ1) is 15.7. The predicted molar refractivity (Wildman–Crippen MR) is 81.0 cm³/mol. The van der Waals surface area contributed by atoms with E-state index in [4.69, 9.17) is 4.74 Å². The Morgan fingerprint density at radius 3 is 2.83 bits per heavy atom. The van der Waals surface area contributed by atoms with Crippen molar-refractivity contribution < 1.29 is 4.74 Å². The number of aryl methyl sites for hydroxylation is 1. The van der Waals surface area contributed by atoms with Crippen molar-refractivity contribution in [3.05, 3.63) is 33.8 Å². The van der Waals surface area contributed by atoms with Crippen LogP contribution in [0.3, 0.4) is 0 Å². The second kappa shape index (κ2) is 8.68. The summed E-state index contributed by atoms with van der Waals surface area (Å²) >= 11 is 3.56. The Morgan fingerprint density at radius 1 is 1.39 bits per heavy atom. The standard InChI is InChI=1S/C15H24BrNO/c1-4-9-17-15(6-5-10-18-3)14-11-13(16)8-7-12(14)2/h7-8,11,15,17H,4-6,9-10H2,1-3H3. The molecule has 0 heterocycles. The predicted octanol–water partition coefficient (Wildman–Crippen LogP) is 4.22. The summed E-state index contributed by atoms with van der Waals surface area (Å²) in [5, 5.41) is 3.64. The molecule has 0 aliphatic rings. The van der Waals surface area contributed by atoms with Crippen LogP contribution in [-0.4, -0.2) is 20.3 Å². The van der Waals surface area contributed by atoms with Crippen molar-refractivity contribution in [1.29, 1.82) is 0 Å². The van der Waals surface area contributed by atoms with E-state index < -0.39 is 0 Å². The first-order chi connectivity index (χ1) is 8.69. The topological polar surface area (TPSA) is 21.3 Å². The summed E-state index contributed by atoms with van der Waals surface area (Å²) < 4.78 is 6.30. The van der Waals surface area contributed by atoms with Crippen LogP contribution in [0.15, 0.2) is 22.7 Å². The van der Waals surface area contributed by atoms with E-state index in [0.29, 0.717) is 6.04 Å². The molecule has 0 saturated heterocycles. The summed E-state index contributed by atoms with van der Waals surface area (Å²) in [6.45, 7) is 6.27. The second-order valence-electron chi connectivity index (χ2n) is 4.64. The van der Waals surface area contributed by atoms with E-state index in [1.807, 2.05) is 0 Å². The fourth-order valence-electron chi connectivity index (χ4n) is 2.10. The monoisotopic (exact) mass is 313 g/mol. The highest BCUT2D eigenvalue weighted by atomic mass is 79.9. The molecule has 0 spiro atoms. The summed E-state index contributed by atoms with van der Waals surface area (Å²) in [6.07, 6.45) is 3.36. The van der Waals surface area contributed by atoms with Gasteiger partial charge in [0.05, 0.1) is 0 Å². The van der Waals surface area contributed by atoms with Crippen LogP contribution in [0.1, 0.15) is 43.4 Å². The molecule has 1 N–H and O–H groups in total. The zero-order valence-electron chi connectivity index (χ0n) is 11.6.